The van der Waals surface area contributed by atoms with Crippen molar-refractivity contribution in [3.63, 3.8) is 0 Å². The van der Waals surface area contributed by atoms with Gasteiger partial charge in [-0.1, -0.05) is 52.9 Å². The van der Waals surface area contributed by atoms with E-state index in [4.69, 9.17) is 5.11 Å². The number of rotatable bonds is 2. The molecule has 0 saturated heterocycles. The molecule has 1 atom stereocenters. The Labute approximate surface area is 78.4 Å². The molecule has 1 rings (SSSR count). The smallest absolute Gasteiger partial charge is 0.320 e. The third-order valence-electron chi connectivity index (χ3n) is 1.31. The lowest BCUT2D eigenvalue weighted by atomic mass is 10.2. The van der Waals surface area contributed by atoms with E-state index < -0.39 is 9.89 Å². The molecule has 0 aliphatic rings. The van der Waals surface area contributed by atoms with Gasteiger partial charge >= 0.3 is 5.97 Å². The normalized spacial score (nSPS) is 12.5. The molecule has 0 saturated carbocycles. The van der Waals surface area contributed by atoms with Crippen LogP contribution in [0.4, 0.5) is 0 Å². The Hall–Kier alpha value is -0.580. The first-order chi connectivity index (χ1) is 5.22. The van der Waals surface area contributed by atoms with Crippen LogP contribution >= 0.6 is 22.6 Å². The van der Waals surface area contributed by atoms with E-state index in [1.807, 2.05) is 52.9 Å². The standard InChI is InChI=1S/C8H7IO2/c9-7(8(10)11)6-4-2-1-3-5-6/h1-5,7H,(H,10,11)/t7-/m1/s1. The summed E-state index contributed by atoms with van der Waals surface area (Å²) >= 11 is 1.90. The Bertz CT molecular complexity index is 246. The van der Waals surface area contributed by atoms with Crippen molar-refractivity contribution in [3.05, 3.63) is 35.9 Å². The fourth-order valence-corrected chi connectivity index (χ4v) is 1.18. The molecule has 0 aromatic heterocycles. The van der Waals surface area contributed by atoms with Crippen molar-refractivity contribution in [1.82, 2.24) is 0 Å². The van der Waals surface area contributed by atoms with Crippen molar-refractivity contribution in [1.29, 1.82) is 0 Å². The minimum absolute atomic E-state index is 0.436. The number of hydrogen-bond acceptors (Lipinski definition) is 1. The highest BCUT2D eigenvalue weighted by molar-refractivity contribution is 14.1. The zero-order valence-electron chi connectivity index (χ0n) is 5.70. The molecule has 0 spiro atoms. The van der Waals surface area contributed by atoms with Crippen LogP contribution in [0.25, 0.3) is 0 Å². The van der Waals surface area contributed by atoms with E-state index in [0.29, 0.717) is 0 Å². The molecule has 0 amide bonds. The highest BCUT2D eigenvalue weighted by Gasteiger charge is 2.13. The fourth-order valence-electron chi connectivity index (χ4n) is 0.765. The summed E-state index contributed by atoms with van der Waals surface area (Å²) in [6, 6.07) is 9.17. The van der Waals surface area contributed by atoms with Crippen LogP contribution in [-0.4, -0.2) is 11.1 Å². The van der Waals surface area contributed by atoms with Gasteiger partial charge in [-0.25, -0.2) is 0 Å². The van der Waals surface area contributed by atoms with Crippen molar-refractivity contribution >= 4 is 28.6 Å². The number of carbonyl (C=O) groups is 1. The summed E-state index contributed by atoms with van der Waals surface area (Å²) in [5.74, 6) is -0.795. The lowest BCUT2D eigenvalue weighted by Crippen LogP contribution is -2.03. The van der Waals surface area contributed by atoms with E-state index in [9.17, 15) is 4.79 Å². The van der Waals surface area contributed by atoms with Gasteiger partial charge in [-0.15, -0.1) is 0 Å². The van der Waals surface area contributed by atoms with E-state index in [1.165, 1.54) is 0 Å². The second-order valence-electron chi connectivity index (χ2n) is 2.11. The first-order valence-electron chi connectivity index (χ1n) is 3.13. The monoisotopic (exact) mass is 262 g/mol. The van der Waals surface area contributed by atoms with Gasteiger partial charge in [-0.05, 0) is 5.56 Å². The molecule has 0 heterocycles. The highest BCUT2D eigenvalue weighted by Crippen LogP contribution is 2.22. The zero-order chi connectivity index (χ0) is 8.27. The van der Waals surface area contributed by atoms with Crippen LogP contribution in [0.1, 0.15) is 9.49 Å². The van der Waals surface area contributed by atoms with Gasteiger partial charge in [-0.3, -0.25) is 4.79 Å². The molecule has 2 nitrogen and oxygen atoms in total. The lowest BCUT2D eigenvalue weighted by Gasteiger charge is -2.02. The Balaban J connectivity index is 2.85. The van der Waals surface area contributed by atoms with Crippen molar-refractivity contribution in [2.45, 2.75) is 3.92 Å². The van der Waals surface area contributed by atoms with Crippen LogP contribution in [0.15, 0.2) is 30.3 Å². The fraction of sp³-hybridized carbons (Fsp3) is 0.125. The molecule has 1 aromatic carbocycles. The van der Waals surface area contributed by atoms with E-state index >= 15 is 0 Å². The number of halogens is 1. The highest BCUT2D eigenvalue weighted by atomic mass is 127. The summed E-state index contributed by atoms with van der Waals surface area (Å²) in [4.78, 5) is 10.5. The van der Waals surface area contributed by atoms with Crippen molar-refractivity contribution < 1.29 is 9.90 Å². The van der Waals surface area contributed by atoms with Crippen LogP contribution in [0, 0.1) is 0 Å². The molecule has 3 heteroatoms. The van der Waals surface area contributed by atoms with Gasteiger partial charge in [0.25, 0.3) is 0 Å². The number of alkyl halides is 1. The summed E-state index contributed by atoms with van der Waals surface area (Å²) in [5, 5.41) is 8.63. The predicted molar refractivity (Wildman–Crippen MR) is 50.8 cm³/mol. The molecule has 0 bridgehead atoms. The summed E-state index contributed by atoms with van der Waals surface area (Å²) in [5.41, 5.74) is 0.834. The SMILES string of the molecule is O=C(O)[C@H](I)c1ccccc1. The third-order valence-corrected chi connectivity index (χ3v) is 2.56. The van der Waals surface area contributed by atoms with Gasteiger partial charge in [0.2, 0.25) is 0 Å². The van der Waals surface area contributed by atoms with Crippen molar-refractivity contribution in [3.8, 4) is 0 Å². The van der Waals surface area contributed by atoms with Gasteiger partial charge in [0.1, 0.15) is 3.92 Å². The van der Waals surface area contributed by atoms with Gasteiger partial charge in [0, 0.05) is 0 Å². The Morgan fingerprint density at radius 2 is 1.91 bits per heavy atom. The molecule has 0 unspecified atom stereocenters. The first-order valence-corrected chi connectivity index (χ1v) is 4.38. The first kappa shape index (κ1) is 8.52. The van der Waals surface area contributed by atoms with E-state index in [-0.39, 0.29) is 0 Å². The molecule has 0 aliphatic carbocycles. The van der Waals surface area contributed by atoms with E-state index in [0.717, 1.165) is 5.56 Å². The number of carboxylic acid groups (broad SMARTS) is 1. The Morgan fingerprint density at radius 3 is 2.36 bits per heavy atom. The van der Waals surface area contributed by atoms with Gasteiger partial charge in [-0.2, -0.15) is 0 Å². The van der Waals surface area contributed by atoms with E-state index in [2.05, 4.69) is 0 Å². The zero-order valence-corrected chi connectivity index (χ0v) is 7.86. The number of benzene rings is 1. The van der Waals surface area contributed by atoms with Crippen LogP contribution in [0.3, 0.4) is 0 Å². The minimum Gasteiger partial charge on any atom is -0.480 e. The topological polar surface area (TPSA) is 37.3 Å². The third kappa shape index (κ3) is 2.18. The summed E-state index contributed by atoms with van der Waals surface area (Å²) in [7, 11) is 0. The van der Waals surface area contributed by atoms with Crippen LogP contribution in [-0.2, 0) is 4.79 Å². The van der Waals surface area contributed by atoms with Crippen LogP contribution < -0.4 is 0 Å². The van der Waals surface area contributed by atoms with Gasteiger partial charge in [0.15, 0.2) is 0 Å². The molecule has 1 aromatic rings. The summed E-state index contributed by atoms with van der Waals surface area (Å²) < 4.78 is -0.436. The number of aliphatic carboxylic acids is 1. The maximum atomic E-state index is 10.5. The predicted octanol–water partition coefficient (Wildman–Crippen LogP) is 2.25. The van der Waals surface area contributed by atoms with Crippen molar-refractivity contribution in [2.75, 3.05) is 0 Å². The molecule has 1 N–H and O–H groups in total. The van der Waals surface area contributed by atoms with Crippen LogP contribution in [0.2, 0.25) is 0 Å². The molecule has 58 valence electrons. The average Bonchev–Trinajstić information content (AvgIpc) is 2.05. The molecular weight excluding hydrogens is 255 g/mol. The summed E-state index contributed by atoms with van der Waals surface area (Å²) in [6.45, 7) is 0. The quantitative estimate of drug-likeness (QED) is 0.655. The second kappa shape index (κ2) is 3.71. The van der Waals surface area contributed by atoms with Gasteiger partial charge in [0.05, 0.1) is 0 Å². The Morgan fingerprint density at radius 1 is 1.36 bits per heavy atom. The maximum absolute atomic E-state index is 10.5. The largest absolute Gasteiger partial charge is 0.480 e. The maximum Gasteiger partial charge on any atom is 0.320 e. The molecule has 0 radical (unpaired) electrons. The minimum atomic E-state index is -0.795. The van der Waals surface area contributed by atoms with Gasteiger partial charge < -0.3 is 5.11 Å². The van der Waals surface area contributed by atoms with E-state index in [1.54, 1.807) is 0 Å². The lowest BCUT2D eigenvalue weighted by molar-refractivity contribution is -0.136. The summed E-state index contributed by atoms with van der Waals surface area (Å²) in [6.07, 6.45) is 0. The van der Waals surface area contributed by atoms with Crippen LogP contribution in [0.5, 0.6) is 0 Å². The Kier molecular flexibility index (Phi) is 2.87. The average molecular weight is 262 g/mol. The number of hydrogen-bond donors (Lipinski definition) is 1. The molecular formula is C8H7IO2. The number of carboxylic acids is 1. The molecule has 0 aliphatic heterocycles. The van der Waals surface area contributed by atoms with Crippen molar-refractivity contribution in [2.24, 2.45) is 0 Å². The second-order valence-corrected chi connectivity index (χ2v) is 3.36. The molecule has 11 heavy (non-hydrogen) atoms. The molecule has 0 fully saturated rings.